The van der Waals surface area contributed by atoms with Gasteiger partial charge in [0.25, 0.3) is 5.56 Å². The number of rotatable bonds is 5. The summed E-state index contributed by atoms with van der Waals surface area (Å²) in [7, 11) is 0. The van der Waals surface area contributed by atoms with Crippen LogP contribution in [0.5, 0.6) is 0 Å². The van der Waals surface area contributed by atoms with Crippen LogP contribution in [0, 0.1) is 5.92 Å². The van der Waals surface area contributed by atoms with E-state index < -0.39 is 0 Å². The summed E-state index contributed by atoms with van der Waals surface area (Å²) < 4.78 is 1.76. The van der Waals surface area contributed by atoms with Crippen LogP contribution < -0.4 is 16.6 Å². The summed E-state index contributed by atoms with van der Waals surface area (Å²) in [4.78, 5) is 16.1. The molecule has 5 heteroatoms. The molecule has 0 aromatic carbocycles. The molecule has 1 saturated carbocycles. The molecule has 1 fully saturated rings. The molecule has 0 bridgehead atoms. The second-order valence-corrected chi connectivity index (χ2v) is 5.01. The van der Waals surface area contributed by atoms with Crippen LogP contribution in [0.2, 0.25) is 0 Å². The molecule has 94 valence electrons. The van der Waals surface area contributed by atoms with Gasteiger partial charge in [-0.25, -0.2) is 4.98 Å². The van der Waals surface area contributed by atoms with Crippen molar-refractivity contribution in [3.8, 4) is 0 Å². The van der Waals surface area contributed by atoms with Gasteiger partial charge >= 0.3 is 0 Å². The lowest BCUT2D eigenvalue weighted by molar-refractivity contribution is 0.510. The minimum Gasteiger partial charge on any atom is -0.364 e. The van der Waals surface area contributed by atoms with E-state index in [1.807, 2.05) is 0 Å². The minimum absolute atomic E-state index is 0.0331. The summed E-state index contributed by atoms with van der Waals surface area (Å²) in [5, 5.41) is 3.05. The van der Waals surface area contributed by atoms with Crippen LogP contribution in [0.25, 0.3) is 0 Å². The Morgan fingerprint density at radius 2 is 2.29 bits per heavy atom. The Balaban J connectivity index is 2.06. The minimum atomic E-state index is -0.0362. The van der Waals surface area contributed by atoms with Crippen LogP contribution >= 0.6 is 0 Å². The first-order valence-electron chi connectivity index (χ1n) is 6.16. The van der Waals surface area contributed by atoms with Crippen LogP contribution in [-0.2, 0) is 0 Å². The van der Waals surface area contributed by atoms with Gasteiger partial charge in [0.15, 0.2) is 5.82 Å². The fraction of sp³-hybridized carbons (Fsp3) is 0.667. The lowest BCUT2D eigenvalue weighted by atomic mass is 10.1. The highest BCUT2D eigenvalue weighted by Crippen LogP contribution is 2.33. The van der Waals surface area contributed by atoms with Crippen molar-refractivity contribution in [3.63, 3.8) is 0 Å². The normalized spacial score (nSPS) is 17.2. The molecule has 2 rings (SSSR count). The first-order valence-corrected chi connectivity index (χ1v) is 6.16. The van der Waals surface area contributed by atoms with Gasteiger partial charge in [0.1, 0.15) is 0 Å². The summed E-state index contributed by atoms with van der Waals surface area (Å²) in [6.45, 7) is 4.70. The van der Waals surface area contributed by atoms with E-state index in [0.29, 0.717) is 24.3 Å². The highest BCUT2D eigenvalue weighted by molar-refractivity contribution is 5.31. The molecule has 0 aliphatic heterocycles. The smallest absolute Gasteiger partial charge is 0.293 e. The summed E-state index contributed by atoms with van der Waals surface area (Å²) in [5.41, 5.74) is 5.89. The topological polar surface area (TPSA) is 72.9 Å². The second-order valence-electron chi connectivity index (χ2n) is 5.01. The second kappa shape index (κ2) is 4.87. The predicted octanol–water partition coefficient (Wildman–Crippen LogP) is 0.973. The molecule has 5 nitrogen and oxygen atoms in total. The van der Waals surface area contributed by atoms with E-state index in [1.54, 1.807) is 17.0 Å². The van der Waals surface area contributed by atoms with E-state index in [2.05, 4.69) is 24.1 Å². The fourth-order valence-corrected chi connectivity index (χ4v) is 1.64. The Morgan fingerprint density at radius 3 is 2.88 bits per heavy atom. The van der Waals surface area contributed by atoms with Crippen molar-refractivity contribution in [1.82, 2.24) is 9.55 Å². The molecule has 0 amide bonds. The molecule has 1 heterocycles. The van der Waals surface area contributed by atoms with Crippen molar-refractivity contribution in [3.05, 3.63) is 22.7 Å². The van der Waals surface area contributed by atoms with Crippen LogP contribution in [0.3, 0.4) is 0 Å². The first-order chi connectivity index (χ1) is 8.09. The van der Waals surface area contributed by atoms with Crippen LogP contribution in [0.4, 0.5) is 5.82 Å². The van der Waals surface area contributed by atoms with Gasteiger partial charge < -0.3 is 15.6 Å². The first kappa shape index (κ1) is 12.1. The van der Waals surface area contributed by atoms with E-state index in [0.717, 1.165) is 12.8 Å². The molecular weight excluding hydrogens is 216 g/mol. The summed E-state index contributed by atoms with van der Waals surface area (Å²) in [6, 6.07) is 0.413. The van der Waals surface area contributed by atoms with Crippen molar-refractivity contribution < 1.29 is 0 Å². The Kier molecular flexibility index (Phi) is 3.47. The lowest BCUT2D eigenvalue weighted by Crippen LogP contribution is -2.36. The standard InChI is InChI=1S/C12H20N4O/c1-8(2)10(13)7-15-11-12(17)16(6-5-14-11)9-3-4-9/h5-6,8-10H,3-4,7,13H2,1-2H3,(H,14,15). The van der Waals surface area contributed by atoms with E-state index >= 15 is 0 Å². The van der Waals surface area contributed by atoms with Gasteiger partial charge in [-0.3, -0.25) is 4.79 Å². The molecule has 0 radical (unpaired) electrons. The molecule has 1 atom stereocenters. The zero-order valence-corrected chi connectivity index (χ0v) is 10.4. The van der Waals surface area contributed by atoms with Crippen molar-refractivity contribution in [2.45, 2.75) is 38.8 Å². The average Bonchev–Trinajstić information content (AvgIpc) is 3.11. The quantitative estimate of drug-likeness (QED) is 0.799. The van der Waals surface area contributed by atoms with Gasteiger partial charge in [0.2, 0.25) is 0 Å². The summed E-state index contributed by atoms with van der Waals surface area (Å²) in [5.74, 6) is 0.798. The highest BCUT2D eigenvalue weighted by Gasteiger charge is 2.25. The van der Waals surface area contributed by atoms with Gasteiger partial charge in [-0.15, -0.1) is 0 Å². The highest BCUT2D eigenvalue weighted by atomic mass is 16.1. The monoisotopic (exact) mass is 236 g/mol. The Morgan fingerprint density at radius 1 is 1.59 bits per heavy atom. The molecule has 1 unspecified atom stereocenters. The Labute approximate surface area is 101 Å². The molecule has 0 saturated heterocycles. The van der Waals surface area contributed by atoms with Gasteiger partial charge in [0, 0.05) is 31.0 Å². The number of anilines is 1. The number of nitrogens with two attached hydrogens (primary N) is 1. The number of hydrogen-bond acceptors (Lipinski definition) is 4. The van der Waals surface area contributed by atoms with Gasteiger partial charge in [0.05, 0.1) is 0 Å². The average molecular weight is 236 g/mol. The zero-order valence-electron chi connectivity index (χ0n) is 10.4. The summed E-state index contributed by atoms with van der Waals surface area (Å²) in [6.07, 6.45) is 5.61. The molecule has 0 spiro atoms. The number of hydrogen-bond donors (Lipinski definition) is 2. The summed E-state index contributed by atoms with van der Waals surface area (Å²) >= 11 is 0. The third-order valence-electron chi connectivity index (χ3n) is 3.17. The molecular formula is C12H20N4O. The third-order valence-corrected chi connectivity index (χ3v) is 3.17. The van der Waals surface area contributed by atoms with E-state index in [-0.39, 0.29) is 11.6 Å². The molecule has 1 aromatic rings. The molecule has 3 N–H and O–H groups in total. The SMILES string of the molecule is CC(C)C(N)CNc1nccn(C2CC2)c1=O. The molecule has 1 aliphatic carbocycles. The van der Waals surface area contributed by atoms with Crippen molar-refractivity contribution in [1.29, 1.82) is 0 Å². The van der Waals surface area contributed by atoms with E-state index in [1.165, 1.54) is 0 Å². The van der Waals surface area contributed by atoms with Crippen LogP contribution in [0.15, 0.2) is 17.2 Å². The Hall–Kier alpha value is -1.36. The van der Waals surface area contributed by atoms with Gasteiger partial charge in [-0.1, -0.05) is 13.8 Å². The molecule has 17 heavy (non-hydrogen) atoms. The Bertz CT molecular complexity index is 436. The zero-order chi connectivity index (χ0) is 12.4. The van der Waals surface area contributed by atoms with Gasteiger partial charge in [-0.05, 0) is 18.8 Å². The number of nitrogens with one attached hydrogen (secondary N) is 1. The maximum atomic E-state index is 12.0. The molecule has 1 aromatic heterocycles. The maximum absolute atomic E-state index is 12.0. The lowest BCUT2D eigenvalue weighted by Gasteiger charge is -2.16. The maximum Gasteiger partial charge on any atom is 0.293 e. The van der Waals surface area contributed by atoms with Crippen molar-refractivity contribution >= 4 is 5.82 Å². The number of nitrogens with zero attached hydrogens (tertiary/aromatic N) is 2. The number of aromatic nitrogens is 2. The predicted molar refractivity (Wildman–Crippen MR) is 68.1 cm³/mol. The van der Waals surface area contributed by atoms with Crippen LogP contribution in [-0.4, -0.2) is 22.1 Å². The van der Waals surface area contributed by atoms with Crippen LogP contribution in [0.1, 0.15) is 32.7 Å². The van der Waals surface area contributed by atoms with E-state index in [9.17, 15) is 4.79 Å². The van der Waals surface area contributed by atoms with Crippen molar-refractivity contribution in [2.24, 2.45) is 11.7 Å². The van der Waals surface area contributed by atoms with E-state index in [4.69, 9.17) is 5.73 Å². The third kappa shape index (κ3) is 2.85. The fourth-order valence-electron chi connectivity index (χ4n) is 1.64. The van der Waals surface area contributed by atoms with Gasteiger partial charge in [-0.2, -0.15) is 0 Å². The molecule has 1 aliphatic rings. The van der Waals surface area contributed by atoms with Crippen molar-refractivity contribution in [2.75, 3.05) is 11.9 Å². The largest absolute Gasteiger partial charge is 0.364 e.